The first-order valence-corrected chi connectivity index (χ1v) is 29.9. The lowest BCUT2D eigenvalue weighted by Gasteiger charge is -2.35. The largest absolute Gasteiger partial charge is 0.494 e. The standard InChI is InChI=1S/C34H37ClFN3O3.C32H35ClFN3O4/c35-25-9-16-31-30(23-25)29-17-21-39(34(40)42-28-14-10-26(36)11-15-28)33(32(29)37-31)24-7-12-27(13-8-24)41-22-6-2-1-3-18-38-19-4-5-20-38;33-23-7-14-29-28(21-23)27-15-18-37(32(39)41-26-12-8-24(34)9-13-26)31(30(27)36-29)22-5-10-25(11-6-22)40-20-4-2-1-3-16-35-17-19-38/h7-16,23,33,37H,1-6,17-22H2;5-14,21,31,35-36,38H,1-4,15-20H2. The van der Waals surface area contributed by atoms with Crippen LogP contribution in [0.1, 0.15) is 110 Å². The third-order valence-corrected chi connectivity index (χ3v) is 16.2. The van der Waals surface area contributed by atoms with E-state index in [4.69, 9.17) is 47.3 Å². The number of benzene rings is 6. The quantitative estimate of drug-likeness (QED) is 0.0488. The highest BCUT2D eigenvalue weighted by Crippen LogP contribution is 2.42. The van der Waals surface area contributed by atoms with Crippen LogP contribution >= 0.6 is 23.2 Å². The summed E-state index contributed by atoms with van der Waals surface area (Å²) in [6.07, 6.45) is 12.0. The summed E-state index contributed by atoms with van der Waals surface area (Å²) in [5.41, 5.74) is 7.94. The Hall–Kier alpha value is -7.14. The van der Waals surface area contributed by atoms with E-state index in [2.05, 4.69) is 20.2 Å². The summed E-state index contributed by atoms with van der Waals surface area (Å²) in [6.45, 7) is 7.73. The lowest BCUT2D eigenvalue weighted by Crippen LogP contribution is -2.42. The number of hydrogen-bond acceptors (Lipinski definition) is 9. The van der Waals surface area contributed by atoms with Gasteiger partial charge in [0.15, 0.2) is 0 Å². The molecule has 6 aromatic carbocycles. The zero-order valence-electron chi connectivity index (χ0n) is 46.7. The zero-order chi connectivity index (χ0) is 57.5. The molecule has 5 heterocycles. The average molecular weight is 1170 g/mol. The second kappa shape index (κ2) is 28.9. The number of ether oxygens (including phenoxy) is 4. The van der Waals surface area contributed by atoms with E-state index in [1.165, 1.54) is 100 Å². The Bertz CT molecular complexity index is 3390. The first-order chi connectivity index (χ1) is 40.6. The molecule has 1 saturated heterocycles. The molecule has 2 unspecified atom stereocenters. The van der Waals surface area contributed by atoms with Gasteiger partial charge in [-0.1, -0.05) is 73.2 Å². The number of aliphatic hydroxyl groups excluding tert-OH is 1. The van der Waals surface area contributed by atoms with Crippen molar-refractivity contribution >= 4 is 57.2 Å². The van der Waals surface area contributed by atoms with Crippen LogP contribution in [0.3, 0.4) is 0 Å². The van der Waals surface area contributed by atoms with Crippen LogP contribution < -0.4 is 24.3 Å². The molecule has 2 atom stereocenters. The van der Waals surface area contributed by atoms with Crippen molar-refractivity contribution in [3.63, 3.8) is 0 Å². The fraction of sp³-hybridized carbons (Fsp3) is 0.364. The number of carbonyl (C=O) groups is 2. The van der Waals surface area contributed by atoms with Crippen LogP contribution in [0.2, 0.25) is 10.0 Å². The lowest BCUT2D eigenvalue weighted by molar-refractivity contribution is 0.134. The van der Waals surface area contributed by atoms with E-state index >= 15 is 0 Å². The molecule has 83 heavy (non-hydrogen) atoms. The fourth-order valence-corrected chi connectivity index (χ4v) is 11.9. The van der Waals surface area contributed by atoms with Crippen LogP contribution in [0, 0.1) is 11.6 Å². The molecular formula is C66H72Cl2F2N6O7. The topological polar surface area (TPSA) is 145 Å². The summed E-state index contributed by atoms with van der Waals surface area (Å²) in [6, 6.07) is 37.5. The number of carbonyl (C=O) groups excluding carboxylic acids is 2. The van der Waals surface area contributed by atoms with Gasteiger partial charge in [-0.15, -0.1) is 0 Å². The molecule has 2 amide bonds. The molecule has 1 fully saturated rings. The Kier molecular flexibility index (Phi) is 20.6. The Labute approximate surface area is 493 Å². The summed E-state index contributed by atoms with van der Waals surface area (Å²) in [4.78, 5) is 39.9. The van der Waals surface area contributed by atoms with Gasteiger partial charge >= 0.3 is 12.2 Å². The van der Waals surface area contributed by atoms with E-state index in [0.29, 0.717) is 61.5 Å². The molecular weight excluding hydrogens is 1100 g/mol. The highest BCUT2D eigenvalue weighted by Gasteiger charge is 2.37. The molecule has 0 aliphatic carbocycles. The minimum absolute atomic E-state index is 0.170. The molecule has 17 heteroatoms. The van der Waals surface area contributed by atoms with Gasteiger partial charge < -0.3 is 44.2 Å². The molecule has 3 aliphatic heterocycles. The number of aromatic nitrogens is 2. The smallest absolute Gasteiger partial charge is 0.416 e. The molecule has 2 aromatic heterocycles. The number of amides is 2. The van der Waals surface area contributed by atoms with E-state index in [1.54, 1.807) is 9.80 Å². The summed E-state index contributed by atoms with van der Waals surface area (Å²) in [5, 5.41) is 15.4. The fourth-order valence-electron chi connectivity index (χ4n) is 11.5. The summed E-state index contributed by atoms with van der Waals surface area (Å²) < 4.78 is 50.2. The molecule has 0 saturated carbocycles. The first kappa shape index (κ1) is 59.0. The molecule has 0 radical (unpaired) electrons. The maximum atomic E-state index is 13.5. The first-order valence-electron chi connectivity index (χ1n) is 29.2. The molecule has 11 rings (SSSR count). The van der Waals surface area contributed by atoms with Crippen molar-refractivity contribution in [3.8, 4) is 23.0 Å². The Balaban J connectivity index is 0.000000185. The van der Waals surface area contributed by atoms with Crippen LogP contribution in [0.4, 0.5) is 18.4 Å². The Morgan fingerprint density at radius 2 is 0.964 bits per heavy atom. The second-order valence-corrected chi connectivity index (χ2v) is 22.3. The minimum Gasteiger partial charge on any atom is -0.494 e. The van der Waals surface area contributed by atoms with Gasteiger partial charge in [0.1, 0.15) is 46.7 Å². The van der Waals surface area contributed by atoms with Gasteiger partial charge in [0.2, 0.25) is 0 Å². The maximum absolute atomic E-state index is 13.5. The van der Waals surface area contributed by atoms with E-state index < -0.39 is 30.1 Å². The van der Waals surface area contributed by atoms with Gasteiger partial charge in [-0.2, -0.15) is 0 Å². The Morgan fingerprint density at radius 3 is 1.42 bits per heavy atom. The summed E-state index contributed by atoms with van der Waals surface area (Å²) in [5.74, 6) is 1.40. The predicted octanol–water partition coefficient (Wildman–Crippen LogP) is 14.8. The van der Waals surface area contributed by atoms with Crippen molar-refractivity contribution in [3.05, 3.63) is 189 Å². The van der Waals surface area contributed by atoms with Crippen molar-refractivity contribution < 1.29 is 42.4 Å². The highest BCUT2D eigenvalue weighted by molar-refractivity contribution is 6.31. The van der Waals surface area contributed by atoms with Crippen molar-refractivity contribution in [2.75, 3.05) is 65.6 Å². The maximum Gasteiger partial charge on any atom is 0.416 e. The SMILES string of the molecule is O=C(Oc1ccc(F)cc1)N1CCc2c([nH]c3ccc(Cl)cc23)C1c1ccc(OCCCCCCN2CCCC2)cc1.O=C(Oc1ccc(F)cc1)N1CCc2c([nH]c3ccc(Cl)cc23)C1c1ccc(OCCCCCCNCCO)cc1. The second-order valence-electron chi connectivity index (χ2n) is 21.4. The van der Waals surface area contributed by atoms with Crippen LogP contribution in [0.15, 0.2) is 133 Å². The number of H-pyrrole nitrogens is 2. The van der Waals surface area contributed by atoms with E-state index in [-0.39, 0.29) is 18.2 Å². The molecule has 13 nitrogen and oxygen atoms in total. The van der Waals surface area contributed by atoms with Gasteiger partial charge in [-0.05, 0) is 209 Å². The van der Waals surface area contributed by atoms with E-state index in [1.807, 2.05) is 84.9 Å². The van der Waals surface area contributed by atoms with Crippen LogP contribution in [0.5, 0.6) is 23.0 Å². The monoisotopic (exact) mass is 1170 g/mol. The van der Waals surface area contributed by atoms with Gasteiger partial charge in [-0.3, -0.25) is 9.80 Å². The van der Waals surface area contributed by atoms with E-state index in [9.17, 15) is 18.4 Å². The summed E-state index contributed by atoms with van der Waals surface area (Å²) in [7, 11) is 0. The van der Waals surface area contributed by atoms with Crippen molar-refractivity contribution in [2.45, 2.75) is 89.1 Å². The Morgan fingerprint density at radius 1 is 0.530 bits per heavy atom. The number of likely N-dealkylation sites (tertiary alicyclic amines) is 1. The number of nitrogens with zero attached hydrogens (tertiary/aromatic N) is 3. The number of unbranched alkanes of at least 4 members (excludes halogenated alkanes) is 6. The normalized spacial score (nSPS) is 15.9. The van der Waals surface area contributed by atoms with Crippen molar-refractivity contribution in [1.82, 2.24) is 30.0 Å². The number of aromatic amines is 2. The molecule has 0 bridgehead atoms. The van der Waals surface area contributed by atoms with Crippen LogP contribution in [-0.2, 0) is 12.8 Å². The van der Waals surface area contributed by atoms with Gasteiger partial charge in [0.25, 0.3) is 0 Å². The number of aliphatic hydroxyl groups is 1. The van der Waals surface area contributed by atoms with Crippen LogP contribution in [-0.4, -0.2) is 108 Å². The van der Waals surface area contributed by atoms with Crippen LogP contribution in [0.25, 0.3) is 21.8 Å². The number of nitrogens with one attached hydrogen (secondary N) is 3. The zero-order valence-corrected chi connectivity index (χ0v) is 48.2. The van der Waals surface area contributed by atoms with Gasteiger partial charge in [0.05, 0.1) is 19.8 Å². The lowest BCUT2D eigenvalue weighted by atomic mass is 9.92. The van der Waals surface area contributed by atoms with Gasteiger partial charge in [0, 0.05) is 62.9 Å². The van der Waals surface area contributed by atoms with Crippen molar-refractivity contribution in [2.24, 2.45) is 0 Å². The predicted molar refractivity (Wildman–Crippen MR) is 322 cm³/mol. The number of rotatable bonds is 22. The number of hydrogen-bond donors (Lipinski definition) is 4. The highest BCUT2D eigenvalue weighted by atomic mass is 35.5. The molecule has 436 valence electrons. The number of fused-ring (bicyclic) bond motifs is 6. The minimum atomic E-state index is -0.504. The van der Waals surface area contributed by atoms with E-state index in [0.717, 1.165) is 106 Å². The molecule has 0 spiro atoms. The third-order valence-electron chi connectivity index (χ3n) is 15.7. The third kappa shape index (κ3) is 15.4. The average Bonchev–Trinajstić information content (AvgIpc) is 4.45. The molecule has 3 aliphatic rings. The molecule has 8 aromatic rings. The van der Waals surface area contributed by atoms with Gasteiger partial charge in [-0.25, -0.2) is 18.4 Å². The van der Waals surface area contributed by atoms with Crippen molar-refractivity contribution in [1.29, 1.82) is 0 Å². The number of halogens is 4. The molecule has 4 N–H and O–H groups in total. The summed E-state index contributed by atoms with van der Waals surface area (Å²) >= 11 is 12.6.